The summed E-state index contributed by atoms with van der Waals surface area (Å²) >= 11 is 0. The minimum Gasteiger partial charge on any atom is -0.295 e. The van der Waals surface area contributed by atoms with Crippen LogP contribution < -0.4 is 0 Å². The van der Waals surface area contributed by atoms with Crippen LogP contribution in [0.3, 0.4) is 0 Å². The van der Waals surface area contributed by atoms with E-state index in [1.54, 1.807) is 28.6 Å². The molecular formula is C19H21NO3S. The number of aryl methyl sites for hydroxylation is 1. The molecule has 0 N–H and O–H groups in total. The number of sulfonamides is 1. The first-order chi connectivity index (χ1) is 11.2. The molecule has 126 valence electrons. The first-order valence-electron chi connectivity index (χ1n) is 8.25. The van der Waals surface area contributed by atoms with Crippen molar-refractivity contribution in [1.29, 1.82) is 0 Å². The maximum Gasteiger partial charge on any atom is 0.243 e. The van der Waals surface area contributed by atoms with Crippen molar-refractivity contribution in [1.82, 2.24) is 4.31 Å². The highest BCUT2D eigenvalue weighted by Gasteiger charge is 2.62. The van der Waals surface area contributed by atoms with Crippen LogP contribution in [0.5, 0.6) is 0 Å². The topological polar surface area (TPSA) is 54.5 Å². The largest absolute Gasteiger partial charge is 0.295 e. The van der Waals surface area contributed by atoms with Crippen molar-refractivity contribution in [3.8, 4) is 0 Å². The van der Waals surface area contributed by atoms with Gasteiger partial charge in [-0.25, -0.2) is 8.42 Å². The van der Waals surface area contributed by atoms with E-state index in [-0.39, 0.29) is 23.5 Å². The fourth-order valence-corrected chi connectivity index (χ4v) is 6.53. The van der Waals surface area contributed by atoms with Gasteiger partial charge in [0.1, 0.15) is 0 Å². The number of rotatable bonds is 2. The second-order valence-electron chi connectivity index (χ2n) is 7.41. The van der Waals surface area contributed by atoms with Crippen LogP contribution in [0.15, 0.2) is 53.5 Å². The molecule has 1 saturated heterocycles. The molecule has 4 rings (SSSR count). The van der Waals surface area contributed by atoms with Crippen molar-refractivity contribution >= 4 is 15.8 Å². The molecular weight excluding hydrogens is 322 g/mol. The van der Waals surface area contributed by atoms with Gasteiger partial charge in [-0.3, -0.25) is 4.79 Å². The van der Waals surface area contributed by atoms with Crippen molar-refractivity contribution in [3.05, 3.63) is 54.1 Å². The highest BCUT2D eigenvalue weighted by molar-refractivity contribution is 7.89. The molecule has 0 spiro atoms. The summed E-state index contributed by atoms with van der Waals surface area (Å²) in [7, 11) is -3.62. The molecule has 4 atom stereocenters. The van der Waals surface area contributed by atoms with E-state index in [9.17, 15) is 13.2 Å². The zero-order valence-electron chi connectivity index (χ0n) is 13.9. The van der Waals surface area contributed by atoms with E-state index in [0.29, 0.717) is 17.9 Å². The number of allylic oxidation sites excluding steroid dienone is 1. The van der Waals surface area contributed by atoms with Crippen LogP contribution in [-0.2, 0) is 14.8 Å². The first-order valence-corrected chi connectivity index (χ1v) is 9.69. The lowest BCUT2D eigenvalue weighted by atomic mass is 9.72. The lowest BCUT2D eigenvalue weighted by molar-refractivity contribution is -0.120. The Balaban J connectivity index is 1.83. The van der Waals surface area contributed by atoms with Crippen molar-refractivity contribution in [2.24, 2.45) is 17.8 Å². The Morgan fingerprint density at radius 1 is 1.21 bits per heavy atom. The maximum absolute atomic E-state index is 13.2. The van der Waals surface area contributed by atoms with E-state index in [1.807, 2.05) is 26.0 Å². The van der Waals surface area contributed by atoms with E-state index in [1.165, 1.54) is 0 Å². The predicted molar refractivity (Wildman–Crippen MR) is 91.8 cm³/mol. The first kappa shape index (κ1) is 15.8. The van der Waals surface area contributed by atoms with Gasteiger partial charge in [-0.15, -0.1) is 0 Å². The zero-order valence-corrected chi connectivity index (χ0v) is 14.7. The minimum atomic E-state index is -3.62. The number of carbonyl (C=O) groups excluding carboxylic acids is 1. The molecule has 2 aliphatic carbocycles. The summed E-state index contributed by atoms with van der Waals surface area (Å²) in [5.74, 6) is 0.0447. The second kappa shape index (κ2) is 4.90. The van der Waals surface area contributed by atoms with Crippen LogP contribution in [0.4, 0.5) is 0 Å². The lowest BCUT2D eigenvalue weighted by Gasteiger charge is -2.40. The maximum atomic E-state index is 13.2. The SMILES string of the molecule is C=C1C[C@H]2C(=O)C=C[C@]3(C)[C@H]2[C@H]1CN3S(=O)(=O)c1ccc(C)cc1. The standard InChI is InChI=1S/C19H21NO3S/c1-12-4-6-14(7-5-12)24(22,23)20-11-16-13(2)10-15-17(21)8-9-19(20,3)18(15)16/h4-9,15-16,18H,2,10-11H2,1,3H3/t15-,16-,18+,19+/m0/s1. The average molecular weight is 343 g/mol. The Morgan fingerprint density at radius 2 is 1.88 bits per heavy atom. The number of carbonyl (C=O) groups is 1. The quantitative estimate of drug-likeness (QED) is 0.776. The van der Waals surface area contributed by atoms with Gasteiger partial charge in [0.05, 0.1) is 10.4 Å². The number of hydrogen-bond donors (Lipinski definition) is 0. The summed E-state index contributed by atoms with van der Waals surface area (Å²) in [5.41, 5.74) is 1.37. The summed E-state index contributed by atoms with van der Waals surface area (Å²) < 4.78 is 28.1. The summed E-state index contributed by atoms with van der Waals surface area (Å²) in [5, 5.41) is 0. The lowest BCUT2D eigenvalue weighted by Crippen LogP contribution is -2.51. The highest BCUT2D eigenvalue weighted by Crippen LogP contribution is 2.57. The third-order valence-corrected chi connectivity index (χ3v) is 8.00. The number of hydrogen-bond acceptors (Lipinski definition) is 3. The summed E-state index contributed by atoms with van der Waals surface area (Å²) in [6, 6.07) is 6.94. The molecule has 1 aromatic carbocycles. The van der Waals surface area contributed by atoms with Gasteiger partial charge in [0, 0.05) is 12.5 Å². The number of ketones is 1. The molecule has 0 aromatic heterocycles. The molecule has 2 fully saturated rings. The third-order valence-electron chi connectivity index (χ3n) is 6.01. The zero-order chi connectivity index (χ0) is 17.3. The Bertz CT molecular complexity index is 868. The van der Waals surface area contributed by atoms with Crippen LogP contribution in [-0.4, -0.2) is 30.6 Å². The van der Waals surface area contributed by atoms with Crippen LogP contribution in [0.25, 0.3) is 0 Å². The molecule has 1 saturated carbocycles. The number of benzene rings is 1. The Morgan fingerprint density at radius 3 is 2.54 bits per heavy atom. The third kappa shape index (κ3) is 1.94. The predicted octanol–water partition coefficient (Wildman–Crippen LogP) is 2.71. The fourth-order valence-electron chi connectivity index (χ4n) is 4.73. The van der Waals surface area contributed by atoms with Gasteiger partial charge < -0.3 is 0 Å². The van der Waals surface area contributed by atoms with Gasteiger partial charge in [-0.1, -0.05) is 35.9 Å². The van der Waals surface area contributed by atoms with Gasteiger partial charge in [0.2, 0.25) is 10.0 Å². The van der Waals surface area contributed by atoms with E-state index in [2.05, 4.69) is 6.58 Å². The molecule has 1 aliphatic heterocycles. The van der Waals surface area contributed by atoms with Crippen LogP contribution in [0.1, 0.15) is 18.9 Å². The van der Waals surface area contributed by atoms with E-state index < -0.39 is 15.6 Å². The molecule has 0 amide bonds. The van der Waals surface area contributed by atoms with Crippen molar-refractivity contribution in [3.63, 3.8) is 0 Å². The van der Waals surface area contributed by atoms with Gasteiger partial charge in [0.15, 0.2) is 5.78 Å². The van der Waals surface area contributed by atoms with Gasteiger partial charge in [0.25, 0.3) is 0 Å². The monoisotopic (exact) mass is 343 g/mol. The average Bonchev–Trinajstić information content (AvgIpc) is 3.03. The Hall–Kier alpha value is -1.72. The minimum absolute atomic E-state index is 0.00252. The van der Waals surface area contributed by atoms with Gasteiger partial charge in [-0.05, 0) is 50.3 Å². The highest BCUT2D eigenvalue weighted by atomic mass is 32.2. The fraction of sp³-hybridized carbons (Fsp3) is 0.421. The molecule has 0 radical (unpaired) electrons. The van der Waals surface area contributed by atoms with Crippen LogP contribution in [0, 0.1) is 24.7 Å². The molecule has 4 nitrogen and oxygen atoms in total. The molecule has 1 aromatic rings. The summed E-state index contributed by atoms with van der Waals surface area (Å²) in [4.78, 5) is 12.6. The molecule has 0 unspecified atom stereocenters. The number of nitrogens with zero attached hydrogens (tertiary/aromatic N) is 1. The van der Waals surface area contributed by atoms with Crippen molar-refractivity contribution in [2.45, 2.75) is 30.7 Å². The molecule has 5 heteroatoms. The van der Waals surface area contributed by atoms with Crippen molar-refractivity contribution in [2.75, 3.05) is 6.54 Å². The van der Waals surface area contributed by atoms with E-state index in [0.717, 1.165) is 11.1 Å². The molecule has 1 heterocycles. The molecule has 3 aliphatic rings. The van der Waals surface area contributed by atoms with Gasteiger partial charge >= 0.3 is 0 Å². The normalized spacial score (nSPS) is 35.5. The van der Waals surface area contributed by atoms with E-state index >= 15 is 0 Å². The second-order valence-corrected chi connectivity index (χ2v) is 9.27. The van der Waals surface area contributed by atoms with Crippen molar-refractivity contribution < 1.29 is 13.2 Å². The van der Waals surface area contributed by atoms with E-state index in [4.69, 9.17) is 0 Å². The summed E-state index contributed by atoms with van der Waals surface area (Å²) in [6.07, 6.45) is 4.05. The Kier molecular flexibility index (Phi) is 3.22. The van der Waals surface area contributed by atoms with Crippen LogP contribution in [0.2, 0.25) is 0 Å². The Labute approximate surface area is 142 Å². The van der Waals surface area contributed by atoms with Gasteiger partial charge in [-0.2, -0.15) is 4.31 Å². The molecule has 0 bridgehead atoms. The molecule has 24 heavy (non-hydrogen) atoms. The smallest absolute Gasteiger partial charge is 0.243 e. The van der Waals surface area contributed by atoms with Crippen LogP contribution >= 0.6 is 0 Å². The summed E-state index contributed by atoms with van der Waals surface area (Å²) in [6.45, 7) is 8.40.